The Morgan fingerprint density at radius 2 is 1.56 bits per heavy atom. The first kappa shape index (κ1) is 27.7. The zero-order valence-corrected chi connectivity index (χ0v) is 23.5. The lowest BCUT2D eigenvalue weighted by atomic mass is 9.82. The summed E-state index contributed by atoms with van der Waals surface area (Å²) in [5, 5.41) is 3.19. The summed E-state index contributed by atoms with van der Waals surface area (Å²) < 4.78 is 5.93. The van der Waals surface area contributed by atoms with Crippen molar-refractivity contribution < 1.29 is 14.3 Å². The van der Waals surface area contributed by atoms with Crippen LogP contribution >= 0.6 is 0 Å². The molecule has 1 aliphatic carbocycles. The summed E-state index contributed by atoms with van der Waals surface area (Å²) in [7, 11) is 0. The van der Waals surface area contributed by atoms with Crippen molar-refractivity contribution in [3.05, 3.63) is 60.2 Å². The Labute approximate surface area is 234 Å². The highest BCUT2D eigenvalue weighted by atomic mass is 16.5. The summed E-state index contributed by atoms with van der Waals surface area (Å²) in [6.07, 6.45) is 10.9. The normalized spacial score (nSPS) is 23.6. The number of hydrogen-bond donors (Lipinski definition) is 1. The molecule has 6 heteroatoms. The topological polar surface area (TPSA) is 61.9 Å². The zero-order chi connectivity index (χ0) is 27.0. The van der Waals surface area contributed by atoms with Gasteiger partial charge in [0.2, 0.25) is 11.8 Å². The maximum Gasteiger partial charge on any atom is 0.245 e. The molecular weight excluding hydrogens is 486 g/mol. The molecule has 1 N–H and O–H groups in total. The van der Waals surface area contributed by atoms with Crippen molar-refractivity contribution in [3.8, 4) is 11.5 Å². The standard InChI is InChI=1S/C33H45N3O3/c1-2-3-20-36-31(32(37)34-30(33(36)38)23-25-10-6-4-7-11-25)27-18-21-35(22-19-27)24-26-14-16-29(17-15-26)39-28-12-8-5-9-13-28/h5,8-9,12-17,25,27,30-31H,2-4,6-7,10-11,18-24H2,1H3,(H,34,37). The summed E-state index contributed by atoms with van der Waals surface area (Å²) in [4.78, 5) is 31.6. The number of likely N-dealkylation sites (tertiary alicyclic amines) is 1. The van der Waals surface area contributed by atoms with Gasteiger partial charge in [-0.05, 0) is 80.4 Å². The molecule has 2 aliphatic heterocycles. The van der Waals surface area contributed by atoms with Gasteiger partial charge in [0.05, 0.1) is 0 Å². The van der Waals surface area contributed by atoms with Crippen molar-refractivity contribution in [2.75, 3.05) is 19.6 Å². The van der Waals surface area contributed by atoms with Crippen LogP contribution in [0.1, 0.15) is 76.7 Å². The molecule has 0 spiro atoms. The van der Waals surface area contributed by atoms with Crippen molar-refractivity contribution in [3.63, 3.8) is 0 Å². The Hall–Kier alpha value is -2.86. The average molecular weight is 532 g/mol. The van der Waals surface area contributed by atoms with E-state index in [0.29, 0.717) is 12.5 Å². The van der Waals surface area contributed by atoms with Gasteiger partial charge in [0, 0.05) is 13.1 Å². The summed E-state index contributed by atoms with van der Waals surface area (Å²) in [6, 6.07) is 17.5. The van der Waals surface area contributed by atoms with E-state index in [-0.39, 0.29) is 29.8 Å². The molecule has 2 saturated heterocycles. The molecule has 39 heavy (non-hydrogen) atoms. The Morgan fingerprint density at radius 3 is 2.26 bits per heavy atom. The van der Waals surface area contributed by atoms with Gasteiger partial charge in [-0.2, -0.15) is 0 Å². The Balaban J connectivity index is 1.15. The second-order valence-corrected chi connectivity index (χ2v) is 11.8. The highest BCUT2D eigenvalue weighted by Crippen LogP contribution is 2.32. The van der Waals surface area contributed by atoms with E-state index in [2.05, 4.69) is 29.3 Å². The average Bonchev–Trinajstić information content (AvgIpc) is 2.97. The fourth-order valence-electron chi connectivity index (χ4n) is 6.73. The SMILES string of the molecule is CCCCN1C(=O)C(CC2CCCCC2)NC(=O)C1C1CCN(Cc2ccc(Oc3ccccc3)cc2)CC1. The van der Waals surface area contributed by atoms with Crippen molar-refractivity contribution in [2.45, 2.75) is 89.8 Å². The first-order valence-electron chi connectivity index (χ1n) is 15.3. The van der Waals surface area contributed by atoms with Crippen molar-refractivity contribution in [1.29, 1.82) is 0 Å². The number of unbranched alkanes of at least 4 members (excludes halogenated alkanes) is 1. The van der Waals surface area contributed by atoms with E-state index in [4.69, 9.17) is 4.74 Å². The highest BCUT2D eigenvalue weighted by Gasteiger charge is 2.45. The molecule has 5 rings (SSSR count). The van der Waals surface area contributed by atoms with E-state index in [1.807, 2.05) is 47.4 Å². The maximum absolute atomic E-state index is 13.6. The molecule has 0 aromatic heterocycles. The number of piperazine rings is 1. The second kappa shape index (κ2) is 13.5. The van der Waals surface area contributed by atoms with E-state index in [1.54, 1.807) is 0 Å². The van der Waals surface area contributed by atoms with E-state index in [0.717, 1.165) is 63.2 Å². The van der Waals surface area contributed by atoms with Crippen molar-refractivity contribution in [2.24, 2.45) is 11.8 Å². The lowest BCUT2D eigenvalue weighted by Gasteiger charge is -2.45. The minimum Gasteiger partial charge on any atom is -0.457 e. The molecule has 2 heterocycles. The largest absolute Gasteiger partial charge is 0.457 e. The molecule has 2 unspecified atom stereocenters. The summed E-state index contributed by atoms with van der Waals surface area (Å²) in [5.41, 5.74) is 1.26. The van der Waals surface area contributed by atoms with Crippen LogP contribution in [0.2, 0.25) is 0 Å². The molecule has 6 nitrogen and oxygen atoms in total. The Morgan fingerprint density at radius 1 is 0.872 bits per heavy atom. The number of benzene rings is 2. The number of nitrogens with one attached hydrogen (secondary N) is 1. The smallest absolute Gasteiger partial charge is 0.245 e. The van der Waals surface area contributed by atoms with Crippen LogP contribution in [-0.2, 0) is 16.1 Å². The van der Waals surface area contributed by atoms with Gasteiger partial charge in [-0.15, -0.1) is 0 Å². The van der Waals surface area contributed by atoms with Crippen molar-refractivity contribution >= 4 is 11.8 Å². The van der Waals surface area contributed by atoms with Crippen LogP contribution in [0.15, 0.2) is 54.6 Å². The van der Waals surface area contributed by atoms with E-state index < -0.39 is 0 Å². The quantitative estimate of drug-likeness (QED) is 0.399. The number of nitrogens with zero attached hydrogens (tertiary/aromatic N) is 2. The minimum absolute atomic E-state index is 0.0824. The lowest BCUT2D eigenvalue weighted by molar-refractivity contribution is -0.153. The van der Waals surface area contributed by atoms with Crippen LogP contribution in [0, 0.1) is 11.8 Å². The van der Waals surface area contributed by atoms with Crippen LogP contribution in [0.25, 0.3) is 0 Å². The monoisotopic (exact) mass is 531 g/mol. The summed E-state index contributed by atoms with van der Waals surface area (Å²) >= 11 is 0. The van der Waals surface area contributed by atoms with Gasteiger partial charge >= 0.3 is 0 Å². The molecule has 210 valence electrons. The number of hydrogen-bond acceptors (Lipinski definition) is 4. The zero-order valence-electron chi connectivity index (χ0n) is 23.5. The molecule has 0 bridgehead atoms. The molecule has 2 aromatic rings. The molecule has 3 fully saturated rings. The molecule has 1 saturated carbocycles. The molecule has 2 amide bonds. The number of rotatable bonds is 10. The second-order valence-electron chi connectivity index (χ2n) is 11.8. The van der Waals surface area contributed by atoms with Gasteiger partial charge < -0.3 is 15.0 Å². The maximum atomic E-state index is 13.6. The van der Waals surface area contributed by atoms with Gasteiger partial charge in [-0.3, -0.25) is 14.5 Å². The van der Waals surface area contributed by atoms with Gasteiger partial charge in [-0.1, -0.05) is 75.8 Å². The van der Waals surface area contributed by atoms with Gasteiger partial charge in [0.25, 0.3) is 0 Å². The van der Waals surface area contributed by atoms with E-state index in [9.17, 15) is 9.59 Å². The predicted octanol–water partition coefficient (Wildman–Crippen LogP) is 6.16. The minimum atomic E-state index is -0.331. The summed E-state index contributed by atoms with van der Waals surface area (Å²) in [6.45, 7) is 5.63. The number of para-hydroxylation sites is 1. The lowest BCUT2D eigenvalue weighted by Crippen LogP contribution is -2.66. The number of amides is 2. The number of carbonyl (C=O) groups excluding carboxylic acids is 2. The molecular formula is C33H45N3O3. The van der Waals surface area contributed by atoms with Crippen LogP contribution in [0.5, 0.6) is 11.5 Å². The first-order chi connectivity index (χ1) is 19.1. The fourth-order valence-corrected chi connectivity index (χ4v) is 6.73. The van der Waals surface area contributed by atoms with Gasteiger partial charge in [-0.25, -0.2) is 0 Å². The molecule has 3 aliphatic rings. The number of piperidine rings is 1. The number of carbonyl (C=O) groups is 2. The third-order valence-corrected chi connectivity index (χ3v) is 8.94. The van der Waals surface area contributed by atoms with E-state index >= 15 is 0 Å². The van der Waals surface area contributed by atoms with Gasteiger partial charge in [0.1, 0.15) is 23.6 Å². The molecule has 0 radical (unpaired) electrons. The summed E-state index contributed by atoms with van der Waals surface area (Å²) in [5.74, 6) is 2.72. The van der Waals surface area contributed by atoms with E-state index in [1.165, 1.54) is 37.7 Å². The Kier molecular flexibility index (Phi) is 9.57. The third kappa shape index (κ3) is 7.21. The molecule has 2 atom stereocenters. The molecule has 2 aromatic carbocycles. The van der Waals surface area contributed by atoms with Crippen LogP contribution in [-0.4, -0.2) is 53.3 Å². The third-order valence-electron chi connectivity index (χ3n) is 8.94. The van der Waals surface area contributed by atoms with Crippen LogP contribution in [0.4, 0.5) is 0 Å². The van der Waals surface area contributed by atoms with Crippen LogP contribution < -0.4 is 10.1 Å². The fraction of sp³-hybridized carbons (Fsp3) is 0.576. The van der Waals surface area contributed by atoms with Crippen molar-refractivity contribution in [1.82, 2.24) is 15.1 Å². The van der Waals surface area contributed by atoms with Gasteiger partial charge in [0.15, 0.2) is 0 Å². The first-order valence-corrected chi connectivity index (χ1v) is 15.3. The predicted molar refractivity (Wildman–Crippen MR) is 154 cm³/mol. The number of ether oxygens (including phenoxy) is 1. The Bertz CT molecular complexity index is 1060. The highest BCUT2D eigenvalue weighted by molar-refractivity contribution is 5.97. The van der Waals surface area contributed by atoms with Crippen LogP contribution in [0.3, 0.4) is 0 Å².